The van der Waals surface area contributed by atoms with E-state index < -0.39 is 23.8 Å². The zero-order chi connectivity index (χ0) is 19.8. The summed E-state index contributed by atoms with van der Waals surface area (Å²) in [5, 5.41) is 2.39. The van der Waals surface area contributed by atoms with E-state index in [0.29, 0.717) is 24.7 Å². The molecule has 0 aliphatic rings. The van der Waals surface area contributed by atoms with Crippen LogP contribution >= 0.6 is 0 Å². The Kier molecular flexibility index (Phi) is 7.16. The van der Waals surface area contributed by atoms with Crippen molar-refractivity contribution >= 4 is 17.6 Å². The number of rotatable bonds is 8. The van der Waals surface area contributed by atoms with Crippen LogP contribution in [0.2, 0.25) is 0 Å². The summed E-state index contributed by atoms with van der Waals surface area (Å²) in [5.74, 6) is -0.977. The first-order valence-electron chi connectivity index (χ1n) is 8.62. The van der Waals surface area contributed by atoms with Gasteiger partial charge in [0.1, 0.15) is 5.82 Å². The van der Waals surface area contributed by atoms with Gasteiger partial charge in [-0.25, -0.2) is 9.18 Å². The van der Waals surface area contributed by atoms with Gasteiger partial charge in [-0.05, 0) is 51.1 Å². The lowest BCUT2D eigenvalue weighted by Gasteiger charge is -2.15. The maximum Gasteiger partial charge on any atom is 0.339 e. The van der Waals surface area contributed by atoms with E-state index in [1.54, 1.807) is 12.1 Å². The van der Waals surface area contributed by atoms with Crippen LogP contribution in [0.3, 0.4) is 0 Å². The molecule has 0 aliphatic heterocycles. The SMILES string of the molecule is CCOc1ccc(C(=O)O[C@@H](C)C(=O)Nc2ccccc2F)cc1OCC. The average Bonchev–Trinajstić information content (AvgIpc) is 2.65. The minimum absolute atomic E-state index is 0.0186. The number of nitrogens with one attached hydrogen (secondary N) is 1. The fourth-order valence-electron chi connectivity index (χ4n) is 2.26. The molecule has 0 heterocycles. The van der Waals surface area contributed by atoms with Crippen molar-refractivity contribution in [3.63, 3.8) is 0 Å². The number of carbonyl (C=O) groups excluding carboxylic acids is 2. The Hall–Kier alpha value is -3.09. The lowest BCUT2D eigenvalue weighted by Crippen LogP contribution is -2.30. The molecule has 144 valence electrons. The number of halogens is 1. The molecule has 2 aromatic rings. The molecular weight excluding hydrogens is 353 g/mol. The van der Waals surface area contributed by atoms with Crippen LogP contribution in [-0.4, -0.2) is 31.2 Å². The lowest BCUT2D eigenvalue weighted by atomic mass is 10.2. The van der Waals surface area contributed by atoms with Crippen molar-refractivity contribution in [1.82, 2.24) is 0 Å². The van der Waals surface area contributed by atoms with Crippen LogP contribution in [0.5, 0.6) is 11.5 Å². The van der Waals surface area contributed by atoms with Gasteiger partial charge in [0.05, 0.1) is 24.5 Å². The largest absolute Gasteiger partial charge is 0.490 e. The molecule has 1 amide bonds. The lowest BCUT2D eigenvalue weighted by molar-refractivity contribution is -0.123. The second kappa shape index (κ2) is 9.56. The Morgan fingerprint density at radius 1 is 1.04 bits per heavy atom. The number of para-hydroxylation sites is 1. The predicted molar refractivity (Wildman–Crippen MR) is 98.7 cm³/mol. The number of ether oxygens (including phenoxy) is 3. The molecule has 27 heavy (non-hydrogen) atoms. The maximum atomic E-state index is 13.6. The molecule has 0 aromatic heterocycles. The van der Waals surface area contributed by atoms with Gasteiger partial charge in [0.25, 0.3) is 5.91 Å². The molecule has 1 atom stereocenters. The summed E-state index contributed by atoms with van der Waals surface area (Å²) in [4.78, 5) is 24.5. The molecule has 2 rings (SSSR count). The number of esters is 1. The van der Waals surface area contributed by atoms with Gasteiger partial charge >= 0.3 is 5.97 Å². The van der Waals surface area contributed by atoms with Crippen LogP contribution in [-0.2, 0) is 9.53 Å². The van der Waals surface area contributed by atoms with Crippen molar-refractivity contribution in [2.24, 2.45) is 0 Å². The first kappa shape index (κ1) is 20.2. The normalized spacial score (nSPS) is 11.4. The van der Waals surface area contributed by atoms with Crippen molar-refractivity contribution in [1.29, 1.82) is 0 Å². The third-order valence-corrected chi connectivity index (χ3v) is 3.56. The molecule has 6 nitrogen and oxygen atoms in total. The Morgan fingerprint density at radius 3 is 2.37 bits per heavy atom. The number of anilines is 1. The van der Waals surface area contributed by atoms with Crippen LogP contribution in [0.15, 0.2) is 42.5 Å². The van der Waals surface area contributed by atoms with E-state index in [9.17, 15) is 14.0 Å². The van der Waals surface area contributed by atoms with E-state index in [4.69, 9.17) is 14.2 Å². The third-order valence-electron chi connectivity index (χ3n) is 3.56. The molecule has 1 N–H and O–H groups in total. The average molecular weight is 375 g/mol. The van der Waals surface area contributed by atoms with E-state index >= 15 is 0 Å². The fraction of sp³-hybridized carbons (Fsp3) is 0.300. The topological polar surface area (TPSA) is 73.9 Å². The maximum absolute atomic E-state index is 13.6. The molecule has 7 heteroatoms. The van der Waals surface area contributed by atoms with E-state index in [-0.39, 0.29) is 11.3 Å². The molecule has 0 bridgehead atoms. The van der Waals surface area contributed by atoms with Gasteiger partial charge in [0, 0.05) is 0 Å². The van der Waals surface area contributed by atoms with Gasteiger partial charge in [0.15, 0.2) is 17.6 Å². The minimum Gasteiger partial charge on any atom is -0.490 e. The number of carbonyl (C=O) groups is 2. The summed E-state index contributed by atoms with van der Waals surface area (Å²) in [6.07, 6.45) is -1.11. The molecular formula is C20H22FNO5. The van der Waals surface area contributed by atoms with Gasteiger partial charge in [-0.3, -0.25) is 4.79 Å². The molecule has 0 unspecified atom stereocenters. The van der Waals surface area contributed by atoms with Crippen LogP contribution < -0.4 is 14.8 Å². The smallest absolute Gasteiger partial charge is 0.339 e. The fourth-order valence-corrected chi connectivity index (χ4v) is 2.26. The van der Waals surface area contributed by atoms with E-state index in [1.807, 2.05) is 13.8 Å². The van der Waals surface area contributed by atoms with E-state index in [0.717, 1.165) is 0 Å². The number of hydrogen-bond donors (Lipinski definition) is 1. The third kappa shape index (κ3) is 5.44. The van der Waals surface area contributed by atoms with Gasteiger partial charge in [-0.15, -0.1) is 0 Å². The highest BCUT2D eigenvalue weighted by molar-refractivity contribution is 5.97. The van der Waals surface area contributed by atoms with E-state index in [1.165, 1.54) is 37.3 Å². The predicted octanol–water partition coefficient (Wildman–Crippen LogP) is 3.81. The van der Waals surface area contributed by atoms with Crippen molar-refractivity contribution < 1.29 is 28.2 Å². The van der Waals surface area contributed by atoms with Gasteiger partial charge in [-0.2, -0.15) is 0 Å². The van der Waals surface area contributed by atoms with Crippen molar-refractivity contribution in [3.05, 3.63) is 53.8 Å². The van der Waals surface area contributed by atoms with Crippen LogP contribution in [0.4, 0.5) is 10.1 Å². The molecule has 0 radical (unpaired) electrons. The standard InChI is InChI=1S/C20H22FNO5/c1-4-25-17-11-10-14(12-18(17)26-5-2)20(24)27-13(3)19(23)22-16-9-7-6-8-15(16)21/h6-13H,4-5H2,1-3H3,(H,22,23)/t13-/m0/s1. The van der Waals surface area contributed by atoms with Crippen LogP contribution in [0, 0.1) is 5.82 Å². The molecule has 0 spiro atoms. The van der Waals surface area contributed by atoms with Crippen molar-refractivity contribution in [3.8, 4) is 11.5 Å². The van der Waals surface area contributed by atoms with Gasteiger partial charge in [-0.1, -0.05) is 12.1 Å². The second-order valence-corrected chi connectivity index (χ2v) is 5.54. The van der Waals surface area contributed by atoms with Crippen molar-refractivity contribution in [2.45, 2.75) is 26.9 Å². The van der Waals surface area contributed by atoms with E-state index in [2.05, 4.69) is 5.32 Å². The molecule has 0 saturated carbocycles. The summed E-state index contributed by atoms with van der Waals surface area (Å²) in [7, 11) is 0. The summed E-state index contributed by atoms with van der Waals surface area (Å²) < 4.78 is 29.7. The quantitative estimate of drug-likeness (QED) is 0.711. The van der Waals surface area contributed by atoms with Crippen LogP contribution in [0.25, 0.3) is 0 Å². The molecule has 0 saturated heterocycles. The summed E-state index contributed by atoms with van der Waals surface area (Å²) in [6, 6.07) is 10.4. The first-order chi connectivity index (χ1) is 13.0. The van der Waals surface area contributed by atoms with Crippen molar-refractivity contribution in [2.75, 3.05) is 18.5 Å². The highest BCUT2D eigenvalue weighted by atomic mass is 19.1. The number of amides is 1. The number of hydrogen-bond acceptors (Lipinski definition) is 5. The van der Waals surface area contributed by atoms with Crippen LogP contribution in [0.1, 0.15) is 31.1 Å². The summed E-state index contributed by atoms with van der Waals surface area (Å²) in [5.41, 5.74) is 0.234. The molecule has 0 fully saturated rings. The Bertz CT molecular complexity index is 809. The molecule has 2 aromatic carbocycles. The van der Waals surface area contributed by atoms with Gasteiger partial charge in [0.2, 0.25) is 0 Å². The summed E-state index contributed by atoms with van der Waals surface area (Å²) >= 11 is 0. The zero-order valence-corrected chi connectivity index (χ0v) is 15.5. The highest BCUT2D eigenvalue weighted by Crippen LogP contribution is 2.29. The zero-order valence-electron chi connectivity index (χ0n) is 15.5. The minimum atomic E-state index is -1.11. The Labute approximate surface area is 157 Å². The first-order valence-corrected chi connectivity index (χ1v) is 8.62. The van der Waals surface area contributed by atoms with Gasteiger partial charge < -0.3 is 19.5 Å². The second-order valence-electron chi connectivity index (χ2n) is 5.54. The summed E-state index contributed by atoms with van der Waals surface area (Å²) in [6.45, 7) is 5.92. The number of benzene rings is 2. The molecule has 0 aliphatic carbocycles. The monoisotopic (exact) mass is 375 g/mol. The Balaban J connectivity index is 2.06. The Morgan fingerprint density at radius 2 is 1.70 bits per heavy atom. The highest BCUT2D eigenvalue weighted by Gasteiger charge is 2.21.